The highest BCUT2D eigenvalue weighted by Crippen LogP contribution is 2.36. The predicted octanol–water partition coefficient (Wildman–Crippen LogP) is 5.30. The molecule has 1 aromatic carbocycles. The molecule has 1 amide bonds. The second kappa shape index (κ2) is 8.29. The molecule has 0 fully saturated rings. The molecule has 0 radical (unpaired) electrons. The lowest BCUT2D eigenvalue weighted by Gasteiger charge is -2.11. The first-order valence-corrected chi connectivity index (χ1v) is 8.88. The lowest BCUT2D eigenvalue weighted by Crippen LogP contribution is -2.24. The molecule has 0 aliphatic rings. The largest absolute Gasteiger partial charge is 0.417 e. The van der Waals surface area contributed by atoms with E-state index < -0.39 is 11.7 Å². The average Bonchev–Trinajstić information content (AvgIpc) is 2.53. The van der Waals surface area contributed by atoms with Gasteiger partial charge in [0.1, 0.15) is 0 Å². The third kappa shape index (κ3) is 5.26. The van der Waals surface area contributed by atoms with E-state index in [1.807, 2.05) is 6.92 Å². The zero-order valence-electron chi connectivity index (χ0n) is 13.0. The van der Waals surface area contributed by atoms with Crippen LogP contribution in [0.1, 0.15) is 12.5 Å². The van der Waals surface area contributed by atoms with Crippen LogP contribution in [0.5, 0.6) is 0 Å². The number of carbonyl (C=O) groups excluding carboxylic acids is 1. The topological polar surface area (TPSA) is 42.0 Å². The number of hydrogen-bond acceptors (Lipinski definition) is 3. The Morgan fingerprint density at radius 3 is 2.56 bits per heavy atom. The first-order chi connectivity index (χ1) is 11.7. The van der Waals surface area contributed by atoms with Gasteiger partial charge in [-0.2, -0.15) is 13.2 Å². The molecule has 25 heavy (non-hydrogen) atoms. The molecule has 1 aromatic heterocycles. The molecule has 3 nitrogen and oxygen atoms in total. The quantitative estimate of drug-likeness (QED) is 0.682. The van der Waals surface area contributed by atoms with Crippen LogP contribution >= 0.6 is 35.0 Å². The normalized spacial score (nSPS) is 11.4. The number of pyridine rings is 1. The van der Waals surface area contributed by atoms with Gasteiger partial charge in [-0.15, -0.1) is 11.8 Å². The monoisotopic (exact) mass is 408 g/mol. The van der Waals surface area contributed by atoms with Crippen molar-refractivity contribution in [1.29, 1.82) is 0 Å². The summed E-state index contributed by atoms with van der Waals surface area (Å²) in [7, 11) is 0. The highest BCUT2D eigenvalue weighted by atomic mass is 35.5. The second-order valence-corrected chi connectivity index (χ2v) is 6.77. The van der Waals surface area contributed by atoms with Crippen LogP contribution in [-0.2, 0) is 11.0 Å². The Morgan fingerprint density at radius 2 is 1.96 bits per heavy atom. The first-order valence-electron chi connectivity index (χ1n) is 7.14. The zero-order valence-corrected chi connectivity index (χ0v) is 15.3. The number of amides is 1. The van der Waals surface area contributed by atoms with E-state index in [1.54, 1.807) is 18.2 Å². The standard InChI is InChI=1S/C16H13Cl2F3N2OS/c1-2-22-14(24)8-25-13-5-9(3-4-11(13)17)15-12(18)6-10(7-23-15)16(19,20)21/h3-7H,2,8H2,1H3,(H,22,24). The second-order valence-electron chi connectivity index (χ2n) is 4.94. The molecule has 0 bridgehead atoms. The number of nitrogens with zero attached hydrogens (tertiary/aromatic N) is 1. The van der Waals surface area contributed by atoms with Crippen LogP contribution < -0.4 is 5.32 Å². The van der Waals surface area contributed by atoms with Crippen LogP contribution in [0.2, 0.25) is 10.0 Å². The van der Waals surface area contributed by atoms with Gasteiger partial charge in [0.05, 0.1) is 27.1 Å². The molecule has 0 saturated heterocycles. The van der Waals surface area contributed by atoms with Gasteiger partial charge in [0.25, 0.3) is 0 Å². The van der Waals surface area contributed by atoms with Gasteiger partial charge in [0.15, 0.2) is 0 Å². The van der Waals surface area contributed by atoms with Crippen molar-refractivity contribution in [3.63, 3.8) is 0 Å². The molecule has 0 aliphatic carbocycles. The van der Waals surface area contributed by atoms with Gasteiger partial charge in [0, 0.05) is 23.2 Å². The molecule has 0 saturated carbocycles. The Hall–Kier alpha value is -1.44. The number of nitrogens with one attached hydrogen (secondary N) is 1. The van der Waals surface area contributed by atoms with Gasteiger partial charge in [-0.25, -0.2) is 0 Å². The summed E-state index contributed by atoms with van der Waals surface area (Å²) in [6.45, 7) is 2.34. The number of alkyl halides is 3. The van der Waals surface area contributed by atoms with Crippen LogP contribution in [0.15, 0.2) is 35.4 Å². The molecule has 1 heterocycles. The fraction of sp³-hybridized carbons (Fsp3) is 0.250. The molecular formula is C16H13Cl2F3N2OS. The summed E-state index contributed by atoms with van der Waals surface area (Å²) in [5.41, 5.74) is -0.186. The van der Waals surface area contributed by atoms with E-state index in [9.17, 15) is 18.0 Å². The maximum atomic E-state index is 12.7. The summed E-state index contributed by atoms with van der Waals surface area (Å²) in [4.78, 5) is 16.0. The van der Waals surface area contributed by atoms with Gasteiger partial charge in [-0.1, -0.05) is 29.3 Å². The van der Waals surface area contributed by atoms with Crippen molar-refractivity contribution in [3.05, 3.63) is 46.1 Å². The van der Waals surface area contributed by atoms with E-state index in [1.165, 1.54) is 11.8 Å². The molecule has 0 atom stereocenters. The minimum atomic E-state index is -4.51. The predicted molar refractivity (Wildman–Crippen MR) is 94.1 cm³/mol. The van der Waals surface area contributed by atoms with E-state index in [4.69, 9.17) is 23.2 Å². The van der Waals surface area contributed by atoms with Crippen LogP contribution in [0, 0.1) is 0 Å². The molecule has 134 valence electrons. The number of carbonyl (C=O) groups is 1. The summed E-state index contributed by atoms with van der Waals surface area (Å²) in [6.07, 6.45) is -3.78. The summed E-state index contributed by atoms with van der Waals surface area (Å²) in [5, 5.41) is 2.99. The molecule has 0 unspecified atom stereocenters. The molecule has 2 rings (SSSR count). The third-order valence-corrected chi connectivity index (χ3v) is 4.89. The fourth-order valence-corrected chi connectivity index (χ4v) is 3.32. The van der Waals surface area contributed by atoms with Crippen molar-refractivity contribution >= 4 is 40.9 Å². The maximum absolute atomic E-state index is 12.7. The minimum Gasteiger partial charge on any atom is -0.356 e. The molecule has 1 N–H and O–H groups in total. The lowest BCUT2D eigenvalue weighted by molar-refractivity contribution is -0.137. The van der Waals surface area contributed by atoms with Crippen molar-refractivity contribution in [3.8, 4) is 11.3 Å². The SMILES string of the molecule is CCNC(=O)CSc1cc(-c2ncc(C(F)(F)F)cc2Cl)ccc1Cl. The fourth-order valence-electron chi connectivity index (χ4n) is 1.96. The number of aromatic nitrogens is 1. The zero-order chi connectivity index (χ0) is 18.6. The van der Waals surface area contributed by atoms with E-state index in [0.29, 0.717) is 22.0 Å². The number of hydrogen-bond donors (Lipinski definition) is 1. The molecule has 0 aliphatic heterocycles. The highest BCUT2D eigenvalue weighted by Gasteiger charge is 2.31. The average molecular weight is 409 g/mol. The van der Waals surface area contributed by atoms with Crippen LogP contribution in [0.4, 0.5) is 13.2 Å². The van der Waals surface area contributed by atoms with Crippen LogP contribution in [0.25, 0.3) is 11.3 Å². The smallest absolute Gasteiger partial charge is 0.356 e. The van der Waals surface area contributed by atoms with Gasteiger partial charge < -0.3 is 5.32 Å². The highest BCUT2D eigenvalue weighted by molar-refractivity contribution is 8.00. The summed E-state index contributed by atoms with van der Waals surface area (Å²) < 4.78 is 38.1. The molecule has 9 heteroatoms. The van der Waals surface area contributed by atoms with Crippen molar-refractivity contribution in [2.75, 3.05) is 12.3 Å². The molecular weight excluding hydrogens is 396 g/mol. The van der Waals surface area contributed by atoms with Gasteiger partial charge in [-0.05, 0) is 25.1 Å². The third-order valence-electron chi connectivity index (χ3n) is 3.11. The Morgan fingerprint density at radius 1 is 1.24 bits per heavy atom. The van der Waals surface area contributed by atoms with Crippen molar-refractivity contribution in [2.45, 2.75) is 18.0 Å². The molecule has 2 aromatic rings. The van der Waals surface area contributed by atoms with Gasteiger partial charge >= 0.3 is 6.18 Å². The van der Waals surface area contributed by atoms with E-state index in [2.05, 4.69) is 10.3 Å². The summed E-state index contributed by atoms with van der Waals surface area (Å²) in [6, 6.07) is 5.68. The first kappa shape index (κ1) is 19.9. The Labute approximate surface area is 156 Å². The van der Waals surface area contributed by atoms with Crippen molar-refractivity contribution in [2.24, 2.45) is 0 Å². The van der Waals surface area contributed by atoms with E-state index >= 15 is 0 Å². The van der Waals surface area contributed by atoms with Crippen molar-refractivity contribution < 1.29 is 18.0 Å². The number of rotatable bonds is 5. The van der Waals surface area contributed by atoms with Crippen LogP contribution in [0.3, 0.4) is 0 Å². The van der Waals surface area contributed by atoms with E-state index in [0.717, 1.165) is 12.3 Å². The van der Waals surface area contributed by atoms with E-state index in [-0.39, 0.29) is 22.4 Å². The lowest BCUT2D eigenvalue weighted by atomic mass is 10.1. The van der Waals surface area contributed by atoms with Gasteiger partial charge in [-0.3, -0.25) is 9.78 Å². The number of halogens is 5. The number of benzene rings is 1. The van der Waals surface area contributed by atoms with Crippen LogP contribution in [-0.4, -0.2) is 23.2 Å². The van der Waals surface area contributed by atoms with Crippen molar-refractivity contribution in [1.82, 2.24) is 10.3 Å². The minimum absolute atomic E-state index is 0.114. The maximum Gasteiger partial charge on any atom is 0.417 e. The Kier molecular flexibility index (Phi) is 6.59. The molecule has 0 spiro atoms. The number of thioether (sulfide) groups is 1. The Balaban J connectivity index is 2.28. The Bertz CT molecular complexity index is 784. The van der Waals surface area contributed by atoms with Gasteiger partial charge in [0.2, 0.25) is 5.91 Å². The summed E-state index contributed by atoms with van der Waals surface area (Å²) >= 11 is 13.3. The summed E-state index contributed by atoms with van der Waals surface area (Å²) in [5.74, 6) is 0.0326.